The van der Waals surface area contributed by atoms with Crippen LogP contribution in [0.25, 0.3) is 6.08 Å². The van der Waals surface area contributed by atoms with Crippen LogP contribution in [0.1, 0.15) is 15.9 Å². The fraction of sp³-hybridized carbons (Fsp3) is 0. The Hall–Kier alpha value is -3.15. The van der Waals surface area contributed by atoms with Crippen LogP contribution in [0.3, 0.4) is 0 Å². The standard InChI is InChI=1S/C15H12N2O4/c18-13-5-4-11(8-12(13)15(20)21)17-14(19)6-3-10-2-1-7-16-9-10/h1-9,18H,(H,17,19)(H,20,21)/b6-3+. The predicted octanol–water partition coefficient (Wildman–Crippen LogP) is 2.14. The second-order valence-electron chi connectivity index (χ2n) is 4.15. The molecule has 0 fully saturated rings. The van der Waals surface area contributed by atoms with Crippen molar-refractivity contribution in [3.05, 3.63) is 59.9 Å². The molecule has 2 rings (SSSR count). The van der Waals surface area contributed by atoms with Crippen LogP contribution >= 0.6 is 0 Å². The zero-order valence-electron chi connectivity index (χ0n) is 10.9. The van der Waals surface area contributed by atoms with Crippen molar-refractivity contribution in [3.63, 3.8) is 0 Å². The average molecular weight is 284 g/mol. The molecule has 1 heterocycles. The summed E-state index contributed by atoms with van der Waals surface area (Å²) in [5.74, 6) is -2.04. The number of rotatable bonds is 4. The first-order valence-electron chi connectivity index (χ1n) is 6.01. The number of aromatic hydroxyl groups is 1. The molecule has 1 aromatic heterocycles. The lowest BCUT2D eigenvalue weighted by Crippen LogP contribution is -2.08. The summed E-state index contributed by atoms with van der Waals surface area (Å²) >= 11 is 0. The van der Waals surface area contributed by atoms with Crippen molar-refractivity contribution in [3.8, 4) is 5.75 Å². The quantitative estimate of drug-likeness (QED) is 0.590. The van der Waals surface area contributed by atoms with Crippen molar-refractivity contribution >= 4 is 23.6 Å². The molecular formula is C15H12N2O4. The monoisotopic (exact) mass is 284 g/mol. The average Bonchev–Trinajstić information content (AvgIpc) is 2.48. The number of amides is 1. The number of anilines is 1. The number of hydrogen-bond donors (Lipinski definition) is 3. The normalized spacial score (nSPS) is 10.5. The van der Waals surface area contributed by atoms with E-state index in [1.165, 1.54) is 24.3 Å². The maximum atomic E-state index is 11.7. The Bertz CT molecular complexity index is 696. The van der Waals surface area contributed by atoms with Crippen LogP contribution in [-0.2, 0) is 4.79 Å². The van der Waals surface area contributed by atoms with E-state index in [0.717, 1.165) is 5.56 Å². The second kappa shape index (κ2) is 6.33. The third kappa shape index (κ3) is 3.90. The Morgan fingerprint density at radius 3 is 2.71 bits per heavy atom. The largest absolute Gasteiger partial charge is 0.507 e. The first-order valence-corrected chi connectivity index (χ1v) is 6.01. The maximum absolute atomic E-state index is 11.7. The number of aromatic carboxylic acids is 1. The molecule has 2 aromatic rings. The molecule has 0 aliphatic heterocycles. The highest BCUT2D eigenvalue weighted by molar-refractivity contribution is 6.02. The van der Waals surface area contributed by atoms with Gasteiger partial charge in [0, 0.05) is 24.2 Å². The van der Waals surface area contributed by atoms with Crippen molar-refractivity contribution in [1.82, 2.24) is 4.98 Å². The van der Waals surface area contributed by atoms with Crippen molar-refractivity contribution in [2.45, 2.75) is 0 Å². The molecule has 0 aliphatic carbocycles. The molecule has 0 bridgehead atoms. The third-order valence-electron chi connectivity index (χ3n) is 2.61. The minimum atomic E-state index is -1.27. The number of nitrogens with one attached hydrogen (secondary N) is 1. The van der Waals surface area contributed by atoms with E-state index in [1.54, 1.807) is 30.6 Å². The number of carbonyl (C=O) groups is 2. The van der Waals surface area contributed by atoms with E-state index in [4.69, 9.17) is 5.11 Å². The molecule has 6 heteroatoms. The first-order chi connectivity index (χ1) is 10.1. The molecule has 21 heavy (non-hydrogen) atoms. The van der Waals surface area contributed by atoms with Crippen LogP contribution in [0.15, 0.2) is 48.8 Å². The van der Waals surface area contributed by atoms with E-state index in [1.807, 2.05) is 0 Å². The van der Waals surface area contributed by atoms with Crippen LogP contribution in [0, 0.1) is 0 Å². The number of phenols is 1. The molecule has 1 aromatic carbocycles. The summed E-state index contributed by atoms with van der Waals surface area (Å²) in [6, 6.07) is 7.35. The van der Waals surface area contributed by atoms with Crippen molar-refractivity contribution in [2.24, 2.45) is 0 Å². The lowest BCUT2D eigenvalue weighted by atomic mass is 10.2. The highest BCUT2D eigenvalue weighted by Crippen LogP contribution is 2.21. The van der Waals surface area contributed by atoms with Crippen molar-refractivity contribution in [1.29, 1.82) is 0 Å². The number of hydrogen-bond acceptors (Lipinski definition) is 4. The van der Waals surface area contributed by atoms with E-state index in [-0.39, 0.29) is 17.0 Å². The maximum Gasteiger partial charge on any atom is 0.339 e. The Balaban J connectivity index is 2.08. The van der Waals surface area contributed by atoms with Crippen LogP contribution < -0.4 is 5.32 Å². The summed E-state index contributed by atoms with van der Waals surface area (Å²) in [6.45, 7) is 0. The van der Waals surface area contributed by atoms with Gasteiger partial charge in [-0.2, -0.15) is 0 Å². The summed E-state index contributed by atoms with van der Waals surface area (Å²) in [7, 11) is 0. The van der Waals surface area contributed by atoms with Gasteiger partial charge >= 0.3 is 5.97 Å². The van der Waals surface area contributed by atoms with E-state index < -0.39 is 11.9 Å². The number of carboxylic acids is 1. The van der Waals surface area contributed by atoms with Crippen LogP contribution in [-0.4, -0.2) is 27.1 Å². The molecule has 1 amide bonds. The zero-order valence-corrected chi connectivity index (χ0v) is 10.9. The van der Waals surface area contributed by atoms with Gasteiger partial charge in [0.2, 0.25) is 5.91 Å². The predicted molar refractivity (Wildman–Crippen MR) is 77.0 cm³/mol. The lowest BCUT2D eigenvalue weighted by Gasteiger charge is -2.05. The molecule has 106 valence electrons. The number of nitrogens with zero attached hydrogens (tertiary/aromatic N) is 1. The van der Waals surface area contributed by atoms with Gasteiger partial charge in [-0.1, -0.05) is 6.07 Å². The summed E-state index contributed by atoms with van der Waals surface area (Å²) in [6.07, 6.45) is 6.12. The first kappa shape index (κ1) is 14.3. The van der Waals surface area contributed by atoms with Gasteiger partial charge in [-0.15, -0.1) is 0 Å². The number of aromatic nitrogens is 1. The lowest BCUT2D eigenvalue weighted by molar-refractivity contribution is -0.111. The molecule has 0 spiro atoms. The van der Waals surface area contributed by atoms with Gasteiger partial charge in [-0.05, 0) is 35.9 Å². The topological polar surface area (TPSA) is 99.5 Å². The van der Waals surface area contributed by atoms with Crippen LogP contribution in [0.2, 0.25) is 0 Å². The highest BCUT2D eigenvalue weighted by Gasteiger charge is 2.10. The molecule has 0 radical (unpaired) electrons. The summed E-state index contributed by atoms with van der Waals surface area (Å²) < 4.78 is 0. The Labute approximate surface area is 120 Å². The molecule has 6 nitrogen and oxygen atoms in total. The van der Waals surface area contributed by atoms with Crippen LogP contribution in [0.4, 0.5) is 5.69 Å². The van der Waals surface area contributed by atoms with Crippen molar-refractivity contribution in [2.75, 3.05) is 5.32 Å². The number of carbonyl (C=O) groups excluding carboxylic acids is 1. The number of benzene rings is 1. The van der Waals surface area contributed by atoms with E-state index in [0.29, 0.717) is 0 Å². The SMILES string of the molecule is O=C(/C=C/c1cccnc1)Nc1ccc(O)c(C(=O)O)c1. The van der Waals surface area contributed by atoms with E-state index in [2.05, 4.69) is 10.3 Å². The minimum absolute atomic E-state index is 0.274. The third-order valence-corrected chi connectivity index (χ3v) is 2.61. The molecule has 0 saturated heterocycles. The van der Waals surface area contributed by atoms with E-state index >= 15 is 0 Å². The van der Waals surface area contributed by atoms with Gasteiger partial charge in [0.05, 0.1) is 0 Å². The highest BCUT2D eigenvalue weighted by atomic mass is 16.4. The fourth-order valence-corrected chi connectivity index (χ4v) is 1.62. The fourth-order valence-electron chi connectivity index (χ4n) is 1.62. The zero-order chi connectivity index (χ0) is 15.2. The molecule has 0 aliphatic rings. The Kier molecular flexibility index (Phi) is 4.30. The summed E-state index contributed by atoms with van der Waals surface area (Å²) in [5, 5.41) is 20.8. The number of carboxylic acid groups (broad SMARTS) is 1. The molecule has 0 saturated carbocycles. The minimum Gasteiger partial charge on any atom is -0.507 e. The second-order valence-corrected chi connectivity index (χ2v) is 4.15. The number of pyridine rings is 1. The van der Waals surface area contributed by atoms with Gasteiger partial charge in [-0.25, -0.2) is 4.79 Å². The van der Waals surface area contributed by atoms with Crippen LogP contribution in [0.5, 0.6) is 5.75 Å². The molecule has 0 atom stereocenters. The smallest absolute Gasteiger partial charge is 0.339 e. The van der Waals surface area contributed by atoms with Gasteiger partial charge in [-0.3, -0.25) is 9.78 Å². The van der Waals surface area contributed by atoms with E-state index in [9.17, 15) is 14.7 Å². The van der Waals surface area contributed by atoms with Gasteiger partial charge in [0.25, 0.3) is 0 Å². The van der Waals surface area contributed by atoms with Gasteiger partial charge in [0.15, 0.2) is 0 Å². The Morgan fingerprint density at radius 1 is 1.24 bits per heavy atom. The molecule has 0 unspecified atom stereocenters. The molecular weight excluding hydrogens is 272 g/mol. The Morgan fingerprint density at radius 2 is 2.05 bits per heavy atom. The van der Waals surface area contributed by atoms with Gasteiger partial charge < -0.3 is 15.5 Å². The van der Waals surface area contributed by atoms with Gasteiger partial charge in [0.1, 0.15) is 11.3 Å². The molecule has 3 N–H and O–H groups in total. The summed E-state index contributed by atoms with van der Waals surface area (Å²) in [5.41, 5.74) is 0.777. The van der Waals surface area contributed by atoms with Crippen molar-refractivity contribution < 1.29 is 19.8 Å². The summed E-state index contributed by atoms with van der Waals surface area (Å²) in [4.78, 5) is 26.5.